The first-order valence-electron chi connectivity index (χ1n) is 7.83. The molecule has 1 rings (SSSR count). The third-order valence-electron chi connectivity index (χ3n) is 3.82. The van der Waals surface area contributed by atoms with Crippen molar-refractivity contribution in [2.75, 3.05) is 0 Å². The molecule has 2 nitrogen and oxygen atoms in total. The average molecular weight is 277 g/mol. The minimum absolute atomic E-state index is 0.106. The Kier molecular flexibility index (Phi) is 6.07. The zero-order chi connectivity index (χ0) is 15.3. The fourth-order valence-electron chi connectivity index (χ4n) is 2.40. The molecular weight excluding hydrogens is 246 g/mol. The highest BCUT2D eigenvalue weighted by Crippen LogP contribution is 2.28. The molecule has 2 atom stereocenters. The third kappa shape index (κ3) is 4.52. The summed E-state index contributed by atoms with van der Waals surface area (Å²) in [6.07, 6.45) is 3.16. The molecule has 0 heterocycles. The van der Waals surface area contributed by atoms with Crippen molar-refractivity contribution >= 4 is 0 Å². The van der Waals surface area contributed by atoms with Crippen LogP contribution < -0.4 is 10.5 Å². The Labute approximate surface area is 124 Å². The summed E-state index contributed by atoms with van der Waals surface area (Å²) in [5.74, 6) is 0.969. The zero-order valence-electron chi connectivity index (χ0n) is 14.0. The first kappa shape index (κ1) is 17.0. The number of hydrogen-bond acceptors (Lipinski definition) is 2. The summed E-state index contributed by atoms with van der Waals surface area (Å²) < 4.78 is 6.15. The normalized spacial score (nSPS) is 14.9. The number of rotatable bonds is 6. The fourth-order valence-corrected chi connectivity index (χ4v) is 2.40. The molecule has 0 bridgehead atoms. The van der Waals surface area contributed by atoms with E-state index in [1.165, 1.54) is 11.1 Å². The van der Waals surface area contributed by atoms with E-state index in [-0.39, 0.29) is 17.6 Å². The van der Waals surface area contributed by atoms with Crippen molar-refractivity contribution < 1.29 is 4.74 Å². The van der Waals surface area contributed by atoms with E-state index in [0.717, 1.165) is 25.0 Å². The maximum Gasteiger partial charge on any atom is 0.122 e. The largest absolute Gasteiger partial charge is 0.489 e. The summed E-state index contributed by atoms with van der Waals surface area (Å²) in [7, 11) is 0. The predicted octanol–water partition coefficient (Wildman–Crippen LogP) is 4.58. The Morgan fingerprint density at radius 2 is 1.85 bits per heavy atom. The molecule has 2 heteroatoms. The first-order chi connectivity index (χ1) is 9.29. The number of benzene rings is 1. The van der Waals surface area contributed by atoms with E-state index in [2.05, 4.69) is 59.7 Å². The molecule has 0 aromatic heterocycles. The van der Waals surface area contributed by atoms with Gasteiger partial charge in [-0.15, -0.1) is 0 Å². The van der Waals surface area contributed by atoms with Gasteiger partial charge in [0.2, 0.25) is 0 Å². The van der Waals surface area contributed by atoms with Crippen molar-refractivity contribution in [2.24, 2.45) is 5.73 Å². The van der Waals surface area contributed by atoms with Crippen molar-refractivity contribution in [1.82, 2.24) is 0 Å². The van der Waals surface area contributed by atoms with Gasteiger partial charge in [-0.2, -0.15) is 0 Å². The summed E-state index contributed by atoms with van der Waals surface area (Å²) in [6, 6.07) is 6.61. The molecule has 0 aliphatic carbocycles. The monoisotopic (exact) mass is 277 g/mol. The molecular formula is C18H31NO. The first-order valence-corrected chi connectivity index (χ1v) is 7.83. The summed E-state index contributed by atoms with van der Waals surface area (Å²) >= 11 is 0. The number of nitrogens with two attached hydrogens (primary N) is 1. The van der Waals surface area contributed by atoms with E-state index in [9.17, 15) is 0 Å². The molecule has 0 aliphatic heterocycles. The summed E-state index contributed by atoms with van der Waals surface area (Å²) in [5.41, 5.74) is 8.92. The van der Waals surface area contributed by atoms with E-state index in [0.29, 0.717) is 0 Å². The van der Waals surface area contributed by atoms with Crippen LogP contribution in [0.5, 0.6) is 5.75 Å². The van der Waals surface area contributed by atoms with Crippen molar-refractivity contribution in [2.45, 2.75) is 78.4 Å². The molecule has 114 valence electrons. The summed E-state index contributed by atoms with van der Waals surface area (Å²) in [5, 5.41) is 0. The van der Waals surface area contributed by atoms with Crippen LogP contribution in [0.25, 0.3) is 0 Å². The molecule has 0 spiro atoms. The molecule has 0 fully saturated rings. The summed E-state index contributed by atoms with van der Waals surface area (Å²) in [4.78, 5) is 0. The van der Waals surface area contributed by atoms with E-state index in [4.69, 9.17) is 10.5 Å². The van der Waals surface area contributed by atoms with Crippen molar-refractivity contribution in [1.29, 1.82) is 0 Å². The lowest BCUT2D eigenvalue weighted by molar-refractivity contribution is 0.160. The zero-order valence-corrected chi connectivity index (χ0v) is 14.0. The van der Waals surface area contributed by atoms with Gasteiger partial charge in [0.05, 0.1) is 0 Å². The lowest BCUT2D eigenvalue weighted by Gasteiger charge is -2.26. The quantitative estimate of drug-likeness (QED) is 0.826. The van der Waals surface area contributed by atoms with Crippen molar-refractivity contribution in [3.05, 3.63) is 29.3 Å². The summed E-state index contributed by atoms with van der Waals surface area (Å²) in [6.45, 7) is 13.1. The van der Waals surface area contributed by atoms with Gasteiger partial charge in [-0.05, 0) is 42.4 Å². The highest BCUT2D eigenvalue weighted by molar-refractivity contribution is 5.38. The Balaban J connectivity index is 2.87. The van der Waals surface area contributed by atoms with Gasteiger partial charge in [0, 0.05) is 6.04 Å². The van der Waals surface area contributed by atoms with Crippen LogP contribution in [0.15, 0.2) is 18.2 Å². The highest BCUT2D eigenvalue weighted by Gasteiger charge is 2.19. The van der Waals surface area contributed by atoms with E-state index in [1.54, 1.807) is 0 Å². The molecule has 1 aromatic carbocycles. The topological polar surface area (TPSA) is 35.2 Å². The van der Waals surface area contributed by atoms with Crippen molar-refractivity contribution in [3.8, 4) is 5.75 Å². The molecule has 20 heavy (non-hydrogen) atoms. The number of hydrogen-bond donors (Lipinski definition) is 1. The molecule has 0 aliphatic rings. The van der Waals surface area contributed by atoms with Crippen LogP contribution in [0.3, 0.4) is 0 Å². The molecule has 0 saturated carbocycles. The van der Waals surface area contributed by atoms with Crippen LogP contribution in [-0.4, -0.2) is 12.1 Å². The number of ether oxygens (including phenoxy) is 1. The minimum atomic E-state index is 0.106. The molecule has 0 saturated heterocycles. The van der Waals surface area contributed by atoms with Gasteiger partial charge in [-0.25, -0.2) is 0 Å². The second kappa shape index (κ2) is 7.12. The lowest BCUT2D eigenvalue weighted by Crippen LogP contribution is -2.38. The Hall–Kier alpha value is -1.02. The van der Waals surface area contributed by atoms with Gasteiger partial charge in [-0.1, -0.05) is 53.2 Å². The van der Waals surface area contributed by atoms with E-state index >= 15 is 0 Å². The molecule has 2 unspecified atom stereocenters. The van der Waals surface area contributed by atoms with Crippen LogP contribution in [0.4, 0.5) is 0 Å². The second-order valence-corrected chi connectivity index (χ2v) is 6.75. The average Bonchev–Trinajstić information content (AvgIpc) is 2.36. The minimum Gasteiger partial charge on any atom is -0.489 e. The smallest absolute Gasteiger partial charge is 0.122 e. The second-order valence-electron chi connectivity index (χ2n) is 6.75. The van der Waals surface area contributed by atoms with Gasteiger partial charge in [-0.3, -0.25) is 0 Å². The molecule has 2 N–H and O–H groups in total. The molecule has 0 radical (unpaired) electrons. The lowest BCUT2D eigenvalue weighted by atomic mass is 9.86. The highest BCUT2D eigenvalue weighted by atomic mass is 16.5. The van der Waals surface area contributed by atoms with Gasteiger partial charge < -0.3 is 10.5 Å². The molecule has 0 amide bonds. The Morgan fingerprint density at radius 1 is 1.20 bits per heavy atom. The maximum absolute atomic E-state index is 6.21. The standard InChI is InChI=1S/C18H31NO/c1-7-9-15(19)16(8-2)20-17-11-10-14(12-13(17)3)18(4,5)6/h10-12,15-16H,7-9,19H2,1-6H3. The Bertz CT molecular complexity index is 420. The predicted molar refractivity (Wildman–Crippen MR) is 87.5 cm³/mol. The van der Waals surface area contributed by atoms with Crippen LogP contribution in [0.2, 0.25) is 0 Å². The van der Waals surface area contributed by atoms with Crippen LogP contribution in [-0.2, 0) is 5.41 Å². The van der Waals surface area contributed by atoms with Crippen LogP contribution in [0.1, 0.15) is 65.0 Å². The van der Waals surface area contributed by atoms with Crippen LogP contribution in [0, 0.1) is 6.92 Å². The van der Waals surface area contributed by atoms with Gasteiger partial charge >= 0.3 is 0 Å². The number of aryl methyl sites for hydroxylation is 1. The Morgan fingerprint density at radius 3 is 2.30 bits per heavy atom. The van der Waals surface area contributed by atoms with Gasteiger partial charge in [0.25, 0.3) is 0 Å². The van der Waals surface area contributed by atoms with Gasteiger partial charge in [0.15, 0.2) is 0 Å². The maximum atomic E-state index is 6.21. The van der Waals surface area contributed by atoms with Crippen LogP contribution >= 0.6 is 0 Å². The van der Waals surface area contributed by atoms with E-state index < -0.39 is 0 Å². The van der Waals surface area contributed by atoms with Gasteiger partial charge in [0.1, 0.15) is 11.9 Å². The third-order valence-corrected chi connectivity index (χ3v) is 3.82. The molecule has 1 aromatic rings. The van der Waals surface area contributed by atoms with E-state index in [1.807, 2.05) is 0 Å². The fraction of sp³-hybridized carbons (Fsp3) is 0.667. The SMILES string of the molecule is CCCC(N)C(CC)Oc1ccc(C(C)(C)C)cc1C. The van der Waals surface area contributed by atoms with Crippen molar-refractivity contribution in [3.63, 3.8) is 0 Å².